The number of anilines is 1. The number of nitrogens with one attached hydrogen (secondary N) is 1. The number of carbonyl (C=O) groups is 1. The van der Waals surface area contributed by atoms with Crippen molar-refractivity contribution in [2.45, 2.75) is 6.42 Å². The number of hydrogen-bond donors (Lipinski definition) is 1. The zero-order chi connectivity index (χ0) is 14.7. The lowest BCUT2D eigenvalue weighted by Gasteiger charge is -2.08. The Kier molecular flexibility index (Phi) is 4.73. The van der Waals surface area contributed by atoms with E-state index in [4.69, 9.17) is 11.6 Å². The Labute approximate surface area is 127 Å². The molecule has 1 amide bonds. The summed E-state index contributed by atoms with van der Waals surface area (Å²) in [5.74, 6) is -2.17. The fourth-order valence-electron chi connectivity index (χ4n) is 1.63. The monoisotopic (exact) mass is 359 g/mol. The largest absolute Gasteiger partial charge is 0.321 e. The van der Waals surface area contributed by atoms with E-state index in [1.165, 1.54) is 0 Å². The Morgan fingerprint density at radius 1 is 1.15 bits per heavy atom. The Bertz CT molecular complexity index is 623. The number of amides is 1. The van der Waals surface area contributed by atoms with E-state index in [1.807, 2.05) is 0 Å². The summed E-state index contributed by atoms with van der Waals surface area (Å²) in [5.41, 5.74) is 0.247. The Hall–Kier alpha value is -1.46. The predicted octanol–water partition coefficient (Wildman–Crippen LogP) is 4.56. The van der Waals surface area contributed by atoms with Crippen molar-refractivity contribution in [1.82, 2.24) is 0 Å². The number of benzene rings is 2. The zero-order valence-corrected chi connectivity index (χ0v) is 12.4. The molecule has 0 aliphatic rings. The topological polar surface area (TPSA) is 29.1 Å². The van der Waals surface area contributed by atoms with Gasteiger partial charge in [-0.3, -0.25) is 4.79 Å². The van der Waals surface area contributed by atoms with Crippen molar-refractivity contribution in [2.24, 2.45) is 0 Å². The number of hydrogen-bond acceptors (Lipinski definition) is 1. The van der Waals surface area contributed by atoms with Crippen LogP contribution in [0.2, 0.25) is 5.02 Å². The molecule has 0 saturated carbocycles. The van der Waals surface area contributed by atoms with Crippen LogP contribution in [-0.2, 0) is 11.2 Å². The van der Waals surface area contributed by atoms with Crippen LogP contribution in [-0.4, -0.2) is 5.91 Å². The van der Waals surface area contributed by atoms with Crippen molar-refractivity contribution in [1.29, 1.82) is 0 Å². The quantitative estimate of drug-likeness (QED) is 0.854. The van der Waals surface area contributed by atoms with Gasteiger partial charge in [0.2, 0.25) is 5.91 Å². The van der Waals surface area contributed by atoms with E-state index < -0.39 is 23.2 Å². The molecule has 20 heavy (non-hydrogen) atoms. The second-order valence-corrected chi connectivity index (χ2v) is 5.45. The molecule has 104 valence electrons. The Balaban J connectivity index is 2.10. The molecular weight excluding hydrogens is 352 g/mol. The number of carbonyl (C=O) groups excluding carboxylic acids is 1. The van der Waals surface area contributed by atoms with Crippen LogP contribution in [0.25, 0.3) is 0 Å². The first-order chi connectivity index (χ1) is 9.45. The highest BCUT2D eigenvalue weighted by molar-refractivity contribution is 9.10. The van der Waals surface area contributed by atoms with Crippen LogP contribution in [0.5, 0.6) is 0 Å². The third-order valence-electron chi connectivity index (χ3n) is 2.55. The molecule has 0 atom stereocenters. The van der Waals surface area contributed by atoms with Gasteiger partial charge in [0.1, 0.15) is 5.69 Å². The average Bonchev–Trinajstić information content (AvgIpc) is 2.36. The molecule has 0 spiro atoms. The highest BCUT2D eigenvalue weighted by atomic mass is 79.9. The van der Waals surface area contributed by atoms with Crippen molar-refractivity contribution >= 4 is 39.1 Å². The molecule has 0 heterocycles. The van der Waals surface area contributed by atoms with E-state index in [2.05, 4.69) is 21.2 Å². The zero-order valence-electron chi connectivity index (χ0n) is 10.1. The van der Waals surface area contributed by atoms with E-state index in [9.17, 15) is 13.6 Å². The summed E-state index contributed by atoms with van der Waals surface area (Å²) in [5, 5.41) is 2.78. The molecule has 2 nitrogen and oxygen atoms in total. The van der Waals surface area contributed by atoms with Gasteiger partial charge in [-0.05, 0) is 29.8 Å². The van der Waals surface area contributed by atoms with Crippen LogP contribution in [0.15, 0.2) is 40.9 Å². The first-order valence-electron chi connectivity index (χ1n) is 5.64. The van der Waals surface area contributed by atoms with Crippen LogP contribution < -0.4 is 5.32 Å². The minimum absolute atomic E-state index is 0.00606. The third-order valence-corrected chi connectivity index (χ3v) is 3.26. The molecular formula is C14H9BrClF2NO. The van der Waals surface area contributed by atoms with E-state index in [0.717, 1.165) is 12.1 Å². The van der Waals surface area contributed by atoms with Gasteiger partial charge in [0.25, 0.3) is 0 Å². The van der Waals surface area contributed by atoms with Gasteiger partial charge in [-0.1, -0.05) is 39.7 Å². The molecule has 0 saturated heterocycles. The van der Waals surface area contributed by atoms with Crippen LogP contribution >= 0.6 is 27.5 Å². The third kappa shape index (κ3) is 3.77. The van der Waals surface area contributed by atoms with Crippen LogP contribution in [0.1, 0.15) is 5.56 Å². The van der Waals surface area contributed by atoms with Gasteiger partial charge in [-0.15, -0.1) is 0 Å². The maximum atomic E-state index is 13.6. The Morgan fingerprint density at radius 2 is 1.70 bits per heavy atom. The molecule has 6 heteroatoms. The van der Waals surface area contributed by atoms with Crippen molar-refractivity contribution < 1.29 is 13.6 Å². The molecule has 2 aromatic carbocycles. The Morgan fingerprint density at radius 3 is 2.25 bits per heavy atom. The second kappa shape index (κ2) is 6.33. The van der Waals surface area contributed by atoms with E-state index in [-0.39, 0.29) is 10.9 Å². The second-order valence-electron chi connectivity index (χ2n) is 4.10. The van der Waals surface area contributed by atoms with Crippen LogP contribution in [0.4, 0.5) is 14.5 Å². The van der Waals surface area contributed by atoms with Gasteiger partial charge in [-0.25, -0.2) is 8.78 Å². The first kappa shape index (κ1) is 14.9. The SMILES string of the molecule is O=C(Cc1ccc(Cl)cc1)Nc1c(F)cc(Br)cc1F. The lowest BCUT2D eigenvalue weighted by Crippen LogP contribution is -2.16. The molecule has 0 aliphatic carbocycles. The normalized spacial score (nSPS) is 10.4. The maximum Gasteiger partial charge on any atom is 0.228 e. The van der Waals surface area contributed by atoms with Crippen molar-refractivity contribution in [3.8, 4) is 0 Å². The maximum absolute atomic E-state index is 13.6. The molecule has 1 N–H and O–H groups in total. The van der Waals surface area contributed by atoms with Gasteiger partial charge in [-0.2, -0.15) is 0 Å². The molecule has 0 fully saturated rings. The fraction of sp³-hybridized carbons (Fsp3) is 0.0714. The van der Waals surface area contributed by atoms with E-state index in [0.29, 0.717) is 10.6 Å². The van der Waals surface area contributed by atoms with Gasteiger partial charge in [0, 0.05) is 9.50 Å². The lowest BCUT2D eigenvalue weighted by atomic mass is 10.1. The minimum Gasteiger partial charge on any atom is -0.321 e. The highest BCUT2D eigenvalue weighted by Crippen LogP contribution is 2.24. The lowest BCUT2D eigenvalue weighted by molar-refractivity contribution is -0.115. The van der Waals surface area contributed by atoms with Crippen LogP contribution in [0, 0.1) is 11.6 Å². The summed E-state index contributed by atoms with van der Waals surface area (Å²) < 4.78 is 27.4. The van der Waals surface area contributed by atoms with Crippen molar-refractivity contribution in [3.05, 3.63) is 63.1 Å². The molecule has 0 radical (unpaired) electrons. The van der Waals surface area contributed by atoms with Gasteiger partial charge >= 0.3 is 0 Å². The summed E-state index contributed by atoms with van der Waals surface area (Å²) in [6.07, 6.45) is 0.00606. The minimum atomic E-state index is -0.832. The number of rotatable bonds is 3. The standard InChI is InChI=1S/C14H9BrClF2NO/c15-9-6-11(17)14(12(18)7-9)19-13(20)5-8-1-3-10(16)4-2-8/h1-4,6-7H,5H2,(H,19,20). The number of halogens is 4. The first-order valence-corrected chi connectivity index (χ1v) is 6.81. The van der Waals surface area contributed by atoms with Crippen molar-refractivity contribution in [2.75, 3.05) is 5.32 Å². The predicted molar refractivity (Wildman–Crippen MR) is 77.8 cm³/mol. The molecule has 0 aromatic heterocycles. The molecule has 0 bridgehead atoms. The average molecular weight is 361 g/mol. The van der Waals surface area contributed by atoms with Crippen molar-refractivity contribution in [3.63, 3.8) is 0 Å². The van der Waals surface area contributed by atoms with Gasteiger partial charge in [0.05, 0.1) is 6.42 Å². The summed E-state index contributed by atoms with van der Waals surface area (Å²) >= 11 is 8.70. The summed E-state index contributed by atoms with van der Waals surface area (Å²) in [6, 6.07) is 8.81. The van der Waals surface area contributed by atoms with E-state index in [1.54, 1.807) is 24.3 Å². The molecule has 2 rings (SSSR count). The van der Waals surface area contributed by atoms with Gasteiger partial charge in [0.15, 0.2) is 11.6 Å². The summed E-state index contributed by atoms with van der Waals surface area (Å²) in [6.45, 7) is 0. The van der Waals surface area contributed by atoms with Gasteiger partial charge < -0.3 is 5.32 Å². The fourth-order valence-corrected chi connectivity index (χ4v) is 2.16. The summed E-state index contributed by atoms with van der Waals surface area (Å²) in [4.78, 5) is 11.8. The van der Waals surface area contributed by atoms with Crippen LogP contribution in [0.3, 0.4) is 0 Å². The van der Waals surface area contributed by atoms with E-state index >= 15 is 0 Å². The smallest absolute Gasteiger partial charge is 0.228 e. The molecule has 0 aliphatic heterocycles. The highest BCUT2D eigenvalue weighted by Gasteiger charge is 2.13. The summed E-state index contributed by atoms with van der Waals surface area (Å²) in [7, 11) is 0. The molecule has 2 aromatic rings. The molecule has 0 unspecified atom stereocenters.